The fourth-order valence-corrected chi connectivity index (χ4v) is 2.04. The van der Waals surface area contributed by atoms with Crippen molar-refractivity contribution in [3.8, 4) is 11.8 Å². The average molecular weight is 279 g/mol. The van der Waals surface area contributed by atoms with Gasteiger partial charge in [0, 0.05) is 24.7 Å². The molecule has 0 bridgehead atoms. The van der Waals surface area contributed by atoms with Crippen molar-refractivity contribution in [2.24, 2.45) is 0 Å². The maximum absolute atomic E-state index is 12.3. The maximum Gasteiger partial charge on any atom is 0.253 e. The third-order valence-electron chi connectivity index (χ3n) is 3.09. The van der Waals surface area contributed by atoms with E-state index in [4.69, 9.17) is 5.11 Å². The topological polar surface area (TPSA) is 40.5 Å². The molecule has 0 aliphatic carbocycles. The SMILES string of the molecule is CN(Cc1ccccc1C#CCO)C(=O)c1ccccc1. The predicted octanol–water partition coefficient (Wildman–Crippen LogP) is 2.30. The summed E-state index contributed by atoms with van der Waals surface area (Å²) in [5.74, 6) is 5.52. The van der Waals surface area contributed by atoms with Gasteiger partial charge in [0.25, 0.3) is 5.91 Å². The van der Waals surface area contributed by atoms with Crippen LogP contribution >= 0.6 is 0 Å². The van der Waals surface area contributed by atoms with Crippen molar-refractivity contribution < 1.29 is 9.90 Å². The van der Waals surface area contributed by atoms with Crippen LogP contribution in [0.25, 0.3) is 0 Å². The number of rotatable bonds is 3. The summed E-state index contributed by atoms with van der Waals surface area (Å²) >= 11 is 0. The Hall–Kier alpha value is -2.57. The number of aliphatic hydroxyl groups excluding tert-OH is 1. The summed E-state index contributed by atoms with van der Waals surface area (Å²) in [6.07, 6.45) is 0. The highest BCUT2D eigenvalue weighted by atomic mass is 16.2. The molecule has 0 atom stereocenters. The molecule has 0 saturated heterocycles. The van der Waals surface area contributed by atoms with Crippen LogP contribution in [-0.2, 0) is 6.54 Å². The molecule has 1 N–H and O–H groups in total. The minimum atomic E-state index is -0.173. The Labute approximate surface area is 124 Å². The second kappa shape index (κ2) is 7.28. The van der Waals surface area contributed by atoms with E-state index in [1.165, 1.54) is 0 Å². The van der Waals surface area contributed by atoms with E-state index in [9.17, 15) is 4.79 Å². The van der Waals surface area contributed by atoms with Crippen molar-refractivity contribution in [3.05, 3.63) is 71.3 Å². The zero-order valence-electron chi connectivity index (χ0n) is 11.9. The van der Waals surface area contributed by atoms with Crippen molar-refractivity contribution in [3.63, 3.8) is 0 Å². The van der Waals surface area contributed by atoms with Gasteiger partial charge in [0.15, 0.2) is 0 Å². The molecule has 0 radical (unpaired) electrons. The molecule has 2 aromatic carbocycles. The Kier molecular flexibility index (Phi) is 5.14. The Bertz CT molecular complexity index is 668. The molecule has 0 saturated carbocycles. The lowest BCUT2D eigenvalue weighted by molar-refractivity contribution is 0.0785. The minimum Gasteiger partial charge on any atom is -0.384 e. The predicted molar refractivity (Wildman–Crippen MR) is 82.6 cm³/mol. The second-order valence-corrected chi connectivity index (χ2v) is 4.64. The molecule has 1 amide bonds. The lowest BCUT2D eigenvalue weighted by Gasteiger charge is -2.18. The normalized spacial score (nSPS) is 9.62. The number of amides is 1. The lowest BCUT2D eigenvalue weighted by atomic mass is 10.1. The molecule has 0 aliphatic rings. The average Bonchev–Trinajstić information content (AvgIpc) is 2.54. The van der Waals surface area contributed by atoms with Gasteiger partial charge in [-0.1, -0.05) is 48.2 Å². The first kappa shape index (κ1) is 14.8. The highest BCUT2D eigenvalue weighted by Crippen LogP contribution is 2.12. The number of aliphatic hydroxyl groups is 1. The van der Waals surface area contributed by atoms with Crippen molar-refractivity contribution in [2.45, 2.75) is 6.54 Å². The van der Waals surface area contributed by atoms with Crippen LogP contribution < -0.4 is 0 Å². The fourth-order valence-electron chi connectivity index (χ4n) is 2.04. The van der Waals surface area contributed by atoms with Crippen LogP contribution in [0, 0.1) is 11.8 Å². The standard InChI is InChI=1S/C18H17NO2/c1-19(18(21)16-9-3-2-4-10-16)14-17-11-6-5-8-15(17)12-7-13-20/h2-6,8-11,20H,13-14H2,1H3. The van der Waals surface area contributed by atoms with E-state index in [-0.39, 0.29) is 12.5 Å². The van der Waals surface area contributed by atoms with Gasteiger partial charge in [-0.2, -0.15) is 0 Å². The summed E-state index contributed by atoms with van der Waals surface area (Å²) in [5.41, 5.74) is 2.46. The zero-order valence-corrected chi connectivity index (χ0v) is 11.9. The summed E-state index contributed by atoms with van der Waals surface area (Å²) in [6.45, 7) is 0.303. The van der Waals surface area contributed by atoms with E-state index >= 15 is 0 Å². The van der Waals surface area contributed by atoms with E-state index in [1.54, 1.807) is 24.1 Å². The first-order valence-corrected chi connectivity index (χ1v) is 6.70. The summed E-state index contributed by atoms with van der Waals surface area (Å²) in [5, 5.41) is 8.80. The number of hydrogen-bond acceptors (Lipinski definition) is 2. The van der Waals surface area contributed by atoms with Crippen LogP contribution in [0.3, 0.4) is 0 Å². The maximum atomic E-state index is 12.3. The van der Waals surface area contributed by atoms with E-state index in [0.29, 0.717) is 12.1 Å². The van der Waals surface area contributed by atoms with Crippen molar-refractivity contribution in [1.29, 1.82) is 0 Å². The number of nitrogens with zero attached hydrogens (tertiary/aromatic N) is 1. The molecular formula is C18H17NO2. The monoisotopic (exact) mass is 279 g/mol. The summed E-state index contributed by atoms with van der Waals surface area (Å²) < 4.78 is 0. The van der Waals surface area contributed by atoms with Gasteiger partial charge in [0.05, 0.1) is 0 Å². The van der Waals surface area contributed by atoms with Crippen LogP contribution in [0.4, 0.5) is 0 Å². The van der Waals surface area contributed by atoms with Crippen LogP contribution in [0.15, 0.2) is 54.6 Å². The number of benzene rings is 2. The molecule has 0 aliphatic heterocycles. The van der Waals surface area contributed by atoms with E-state index in [0.717, 1.165) is 11.1 Å². The quantitative estimate of drug-likeness (QED) is 0.876. The summed E-state index contributed by atoms with van der Waals surface area (Å²) in [4.78, 5) is 14.0. The van der Waals surface area contributed by atoms with Crippen LogP contribution in [0.5, 0.6) is 0 Å². The van der Waals surface area contributed by atoms with Crippen molar-refractivity contribution in [1.82, 2.24) is 4.90 Å². The molecule has 0 aromatic heterocycles. The molecule has 2 aromatic rings. The van der Waals surface area contributed by atoms with Gasteiger partial charge in [0.1, 0.15) is 6.61 Å². The smallest absolute Gasteiger partial charge is 0.253 e. The van der Waals surface area contributed by atoms with Gasteiger partial charge >= 0.3 is 0 Å². The van der Waals surface area contributed by atoms with Gasteiger partial charge in [-0.3, -0.25) is 4.79 Å². The lowest BCUT2D eigenvalue weighted by Crippen LogP contribution is -2.26. The molecule has 0 unspecified atom stereocenters. The second-order valence-electron chi connectivity index (χ2n) is 4.64. The van der Waals surface area contributed by atoms with Crippen LogP contribution in [0.2, 0.25) is 0 Å². The molecule has 0 heterocycles. The van der Waals surface area contributed by atoms with E-state index in [2.05, 4.69) is 11.8 Å². The van der Waals surface area contributed by atoms with Gasteiger partial charge < -0.3 is 10.0 Å². The molecule has 21 heavy (non-hydrogen) atoms. The van der Waals surface area contributed by atoms with Crippen molar-refractivity contribution in [2.75, 3.05) is 13.7 Å². The molecule has 3 nitrogen and oxygen atoms in total. The molecule has 106 valence electrons. The third-order valence-corrected chi connectivity index (χ3v) is 3.09. The highest BCUT2D eigenvalue weighted by molar-refractivity contribution is 5.93. The minimum absolute atomic E-state index is 0.0273. The number of hydrogen-bond donors (Lipinski definition) is 1. The largest absolute Gasteiger partial charge is 0.384 e. The van der Waals surface area contributed by atoms with Gasteiger partial charge in [-0.15, -0.1) is 0 Å². The molecule has 0 spiro atoms. The van der Waals surface area contributed by atoms with Crippen LogP contribution in [-0.4, -0.2) is 29.6 Å². The molecule has 3 heteroatoms. The Morgan fingerprint density at radius 2 is 1.76 bits per heavy atom. The molecular weight excluding hydrogens is 262 g/mol. The highest BCUT2D eigenvalue weighted by Gasteiger charge is 2.12. The van der Waals surface area contributed by atoms with E-state index in [1.807, 2.05) is 42.5 Å². The summed E-state index contributed by atoms with van der Waals surface area (Å²) in [7, 11) is 1.77. The fraction of sp³-hybridized carbons (Fsp3) is 0.167. The first-order chi connectivity index (χ1) is 10.2. The Morgan fingerprint density at radius 3 is 2.48 bits per heavy atom. The van der Waals surface area contributed by atoms with Gasteiger partial charge in [0.2, 0.25) is 0 Å². The number of carbonyl (C=O) groups excluding carboxylic acids is 1. The van der Waals surface area contributed by atoms with Crippen LogP contribution in [0.1, 0.15) is 21.5 Å². The first-order valence-electron chi connectivity index (χ1n) is 6.70. The zero-order chi connectivity index (χ0) is 15.1. The third kappa shape index (κ3) is 3.95. The van der Waals surface area contributed by atoms with Crippen molar-refractivity contribution >= 4 is 5.91 Å². The Balaban J connectivity index is 2.16. The molecule has 2 rings (SSSR count). The van der Waals surface area contributed by atoms with E-state index < -0.39 is 0 Å². The number of carbonyl (C=O) groups is 1. The van der Waals surface area contributed by atoms with Gasteiger partial charge in [-0.05, 0) is 23.8 Å². The van der Waals surface area contributed by atoms with Gasteiger partial charge in [-0.25, -0.2) is 0 Å². The summed E-state index contributed by atoms with van der Waals surface area (Å²) in [6, 6.07) is 16.8. The molecule has 0 fully saturated rings. The Morgan fingerprint density at radius 1 is 1.10 bits per heavy atom.